The number of hydrogen-bond acceptors (Lipinski definition) is 3. The Morgan fingerprint density at radius 2 is 2.05 bits per heavy atom. The van der Waals surface area contributed by atoms with Crippen LogP contribution < -0.4 is 15.4 Å². The third-order valence-electron chi connectivity index (χ3n) is 2.68. The van der Waals surface area contributed by atoms with Gasteiger partial charge in [-0.3, -0.25) is 0 Å². The smallest absolute Gasteiger partial charge is 0.319 e. The van der Waals surface area contributed by atoms with Gasteiger partial charge in [0.1, 0.15) is 12.4 Å². The van der Waals surface area contributed by atoms with Gasteiger partial charge >= 0.3 is 6.03 Å². The molecule has 0 aliphatic heterocycles. The first-order valence-corrected chi connectivity index (χ1v) is 6.42. The molecule has 0 fully saturated rings. The average Bonchev–Trinajstić information content (AvgIpc) is 2.44. The molecule has 108 valence electrons. The fourth-order valence-electron chi connectivity index (χ4n) is 1.37. The van der Waals surface area contributed by atoms with Crippen LogP contribution in [-0.4, -0.2) is 30.4 Å². The van der Waals surface area contributed by atoms with Gasteiger partial charge in [0, 0.05) is 12.2 Å². The van der Waals surface area contributed by atoms with Crippen LogP contribution in [-0.2, 0) is 0 Å². The Morgan fingerprint density at radius 1 is 1.40 bits per heavy atom. The van der Waals surface area contributed by atoms with Gasteiger partial charge in [0.25, 0.3) is 0 Å². The highest BCUT2D eigenvalue weighted by Gasteiger charge is 2.10. The van der Waals surface area contributed by atoms with Crippen LogP contribution in [0.3, 0.4) is 0 Å². The summed E-state index contributed by atoms with van der Waals surface area (Å²) in [6.45, 7) is 4.20. The summed E-state index contributed by atoms with van der Waals surface area (Å²) >= 11 is 0. The highest BCUT2D eigenvalue weighted by Crippen LogP contribution is 2.15. The van der Waals surface area contributed by atoms with E-state index < -0.39 is 6.10 Å². The van der Waals surface area contributed by atoms with E-state index in [0.717, 1.165) is 0 Å². The summed E-state index contributed by atoms with van der Waals surface area (Å²) in [6.07, 6.45) is 4.54. The van der Waals surface area contributed by atoms with Gasteiger partial charge in [0.15, 0.2) is 0 Å². The molecule has 0 radical (unpaired) electrons. The number of aliphatic hydroxyl groups is 1. The molecular formula is C15H20N2O3. The minimum atomic E-state index is -0.555. The molecule has 0 bridgehead atoms. The number of aliphatic hydroxyl groups excluding tert-OH is 1. The van der Waals surface area contributed by atoms with Crippen LogP contribution in [0, 0.1) is 18.3 Å². The highest BCUT2D eigenvalue weighted by molar-refractivity contribution is 5.89. The fraction of sp³-hybridized carbons (Fsp3) is 0.400. The van der Waals surface area contributed by atoms with Crippen LogP contribution in [0.1, 0.15) is 13.8 Å². The van der Waals surface area contributed by atoms with Gasteiger partial charge in [0.2, 0.25) is 0 Å². The molecule has 0 saturated heterocycles. The van der Waals surface area contributed by atoms with E-state index >= 15 is 0 Å². The van der Waals surface area contributed by atoms with Crippen molar-refractivity contribution in [3.63, 3.8) is 0 Å². The van der Waals surface area contributed by atoms with Crippen LogP contribution in [0.5, 0.6) is 5.75 Å². The second-order valence-electron chi connectivity index (χ2n) is 4.66. The Balaban J connectivity index is 2.40. The number of rotatable bonds is 6. The Morgan fingerprint density at radius 3 is 2.60 bits per heavy atom. The third-order valence-corrected chi connectivity index (χ3v) is 2.68. The summed E-state index contributed by atoms with van der Waals surface area (Å²) in [4.78, 5) is 11.6. The van der Waals surface area contributed by atoms with Gasteiger partial charge in [-0.05, 0) is 30.2 Å². The largest absolute Gasteiger partial charge is 0.481 e. The molecule has 1 atom stereocenters. The summed E-state index contributed by atoms with van der Waals surface area (Å²) in [5, 5.41) is 14.9. The number of carbonyl (C=O) groups is 1. The topological polar surface area (TPSA) is 70.6 Å². The highest BCUT2D eigenvalue weighted by atomic mass is 16.5. The first kappa shape index (κ1) is 15.9. The maximum absolute atomic E-state index is 11.6. The van der Waals surface area contributed by atoms with Gasteiger partial charge in [-0.25, -0.2) is 4.79 Å². The average molecular weight is 276 g/mol. The number of urea groups is 1. The lowest BCUT2D eigenvalue weighted by Crippen LogP contribution is -2.37. The molecule has 1 aromatic rings. The summed E-state index contributed by atoms with van der Waals surface area (Å²) in [6, 6.07) is 6.50. The van der Waals surface area contributed by atoms with Crippen molar-refractivity contribution in [1.29, 1.82) is 0 Å². The van der Waals surface area contributed by atoms with Crippen molar-refractivity contribution >= 4 is 11.7 Å². The number of anilines is 1. The van der Waals surface area contributed by atoms with Crippen molar-refractivity contribution in [3.05, 3.63) is 24.3 Å². The van der Waals surface area contributed by atoms with Gasteiger partial charge in [-0.2, -0.15) is 0 Å². The van der Waals surface area contributed by atoms with Crippen LogP contribution in [0.25, 0.3) is 0 Å². The molecule has 5 nitrogen and oxygen atoms in total. The maximum atomic E-state index is 11.6. The third kappa shape index (κ3) is 5.63. The SMILES string of the molecule is C#CCOc1ccc(NC(=O)NCC(O)C(C)C)cc1. The van der Waals surface area contributed by atoms with Gasteiger partial charge in [0.05, 0.1) is 6.10 Å². The Hall–Kier alpha value is -2.19. The second kappa shape index (κ2) is 8.08. The minimum Gasteiger partial charge on any atom is -0.481 e. The van der Waals surface area contributed by atoms with Crippen molar-refractivity contribution < 1.29 is 14.6 Å². The molecule has 0 saturated carbocycles. The number of amides is 2. The summed E-state index contributed by atoms with van der Waals surface area (Å²) in [5.74, 6) is 3.12. The number of nitrogens with one attached hydrogen (secondary N) is 2. The lowest BCUT2D eigenvalue weighted by atomic mass is 10.1. The summed E-state index contributed by atoms with van der Waals surface area (Å²) in [5.41, 5.74) is 0.634. The summed E-state index contributed by atoms with van der Waals surface area (Å²) < 4.78 is 5.22. The Labute approximate surface area is 119 Å². The molecule has 1 unspecified atom stereocenters. The lowest BCUT2D eigenvalue weighted by molar-refractivity contribution is 0.126. The lowest BCUT2D eigenvalue weighted by Gasteiger charge is -2.15. The van der Waals surface area contributed by atoms with Crippen molar-refractivity contribution in [3.8, 4) is 18.1 Å². The molecular weight excluding hydrogens is 256 g/mol. The molecule has 0 aromatic heterocycles. The molecule has 0 heterocycles. The number of hydrogen-bond donors (Lipinski definition) is 3. The Kier molecular flexibility index (Phi) is 6.41. The number of terminal acetylenes is 1. The zero-order chi connectivity index (χ0) is 15.0. The molecule has 20 heavy (non-hydrogen) atoms. The van der Waals surface area contributed by atoms with E-state index in [2.05, 4.69) is 16.6 Å². The standard InChI is InChI=1S/C15H20N2O3/c1-4-9-20-13-7-5-12(6-8-13)17-15(19)16-10-14(18)11(2)3/h1,5-8,11,14,18H,9-10H2,2-3H3,(H2,16,17,19). The van der Waals surface area contributed by atoms with Gasteiger partial charge in [-0.15, -0.1) is 6.42 Å². The minimum absolute atomic E-state index is 0.0999. The quantitative estimate of drug-likeness (QED) is 0.694. The molecule has 0 spiro atoms. The van der Waals surface area contributed by atoms with E-state index in [-0.39, 0.29) is 25.1 Å². The van der Waals surface area contributed by atoms with Crippen LogP contribution in [0.15, 0.2) is 24.3 Å². The summed E-state index contributed by atoms with van der Waals surface area (Å²) in [7, 11) is 0. The zero-order valence-electron chi connectivity index (χ0n) is 11.7. The molecule has 1 aromatic carbocycles. The van der Waals surface area contributed by atoms with Crippen LogP contribution >= 0.6 is 0 Å². The van der Waals surface area contributed by atoms with E-state index in [1.165, 1.54) is 0 Å². The van der Waals surface area contributed by atoms with Crippen molar-refractivity contribution in [1.82, 2.24) is 5.32 Å². The monoisotopic (exact) mass is 276 g/mol. The first-order valence-electron chi connectivity index (χ1n) is 6.42. The zero-order valence-corrected chi connectivity index (χ0v) is 11.7. The number of ether oxygens (including phenoxy) is 1. The predicted molar refractivity (Wildman–Crippen MR) is 78.6 cm³/mol. The number of carbonyl (C=O) groups excluding carboxylic acids is 1. The fourth-order valence-corrected chi connectivity index (χ4v) is 1.37. The normalized spacial score (nSPS) is 11.6. The van der Waals surface area contributed by atoms with Crippen molar-refractivity contribution in [2.75, 3.05) is 18.5 Å². The molecule has 2 amide bonds. The predicted octanol–water partition coefficient (Wildman–Crippen LogP) is 1.84. The van der Waals surface area contributed by atoms with E-state index in [1.807, 2.05) is 13.8 Å². The second-order valence-corrected chi connectivity index (χ2v) is 4.66. The van der Waals surface area contributed by atoms with Crippen molar-refractivity contribution in [2.45, 2.75) is 20.0 Å². The van der Waals surface area contributed by atoms with E-state index in [1.54, 1.807) is 24.3 Å². The van der Waals surface area contributed by atoms with E-state index in [0.29, 0.717) is 11.4 Å². The molecule has 0 aliphatic carbocycles. The van der Waals surface area contributed by atoms with Gasteiger partial charge in [-0.1, -0.05) is 19.8 Å². The van der Waals surface area contributed by atoms with Crippen molar-refractivity contribution in [2.24, 2.45) is 5.92 Å². The first-order chi connectivity index (χ1) is 9.52. The molecule has 3 N–H and O–H groups in total. The molecule has 1 rings (SSSR count). The van der Waals surface area contributed by atoms with E-state index in [9.17, 15) is 9.90 Å². The van der Waals surface area contributed by atoms with Crippen LogP contribution in [0.2, 0.25) is 0 Å². The van der Waals surface area contributed by atoms with Gasteiger partial charge < -0.3 is 20.5 Å². The maximum Gasteiger partial charge on any atom is 0.319 e. The molecule has 0 aliphatic rings. The van der Waals surface area contributed by atoms with Crippen LogP contribution in [0.4, 0.5) is 10.5 Å². The Bertz CT molecular complexity index is 463. The van der Waals surface area contributed by atoms with E-state index in [4.69, 9.17) is 11.2 Å². The number of benzene rings is 1. The molecule has 5 heteroatoms.